The molecule has 0 heterocycles. The third-order valence-electron chi connectivity index (χ3n) is 0.898. The minimum Gasteiger partial charge on any atom is -0.481 e. The van der Waals surface area contributed by atoms with Crippen LogP contribution >= 0.6 is 27.7 Å². The number of hydrogen-bond donors (Lipinski definition) is 1. The number of alkyl halides is 1. The van der Waals surface area contributed by atoms with E-state index in [2.05, 4.69) is 15.9 Å². The predicted octanol–water partition coefficient (Wildman–Crippen LogP) is 1.98. The van der Waals surface area contributed by atoms with Crippen molar-refractivity contribution in [2.45, 2.75) is 12.8 Å². The number of carboxylic acid groups (broad SMARTS) is 1. The van der Waals surface area contributed by atoms with Crippen LogP contribution in [0.2, 0.25) is 0 Å². The Morgan fingerprint density at radius 3 is 2.70 bits per heavy atom. The third kappa shape index (κ3) is 8.30. The van der Waals surface area contributed by atoms with Crippen LogP contribution in [-0.4, -0.2) is 27.9 Å². The fourth-order valence-electron chi connectivity index (χ4n) is 0.458. The average molecular weight is 227 g/mol. The van der Waals surface area contributed by atoms with E-state index in [1.165, 1.54) is 11.8 Å². The van der Waals surface area contributed by atoms with Crippen LogP contribution in [-0.2, 0) is 4.79 Å². The van der Waals surface area contributed by atoms with E-state index in [1.807, 2.05) is 0 Å². The molecule has 0 rings (SSSR count). The highest BCUT2D eigenvalue weighted by Crippen LogP contribution is 2.04. The van der Waals surface area contributed by atoms with Crippen LogP contribution in [0.15, 0.2) is 0 Å². The second-order valence-corrected chi connectivity index (χ2v) is 3.74. The molecule has 0 aromatic rings. The van der Waals surface area contributed by atoms with Gasteiger partial charge in [-0.25, -0.2) is 0 Å². The van der Waals surface area contributed by atoms with Crippen LogP contribution in [0.25, 0.3) is 0 Å². The van der Waals surface area contributed by atoms with Gasteiger partial charge in [0.25, 0.3) is 0 Å². The van der Waals surface area contributed by atoms with Crippen molar-refractivity contribution in [1.82, 2.24) is 0 Å². The quantitative estimate of drug-likeness (QED) is 0.556. The van der Waals surface area contributed by atoms with Gasteiger partial charge in [0.05, 0.1) is 5.75 Å². The van der Waals surface area contributed by atoms with E-state index in [4.69, 9.17) is 5.11 Å². The summed E-state index contributed by atoms with van der Waals surface area (Å²) >= 11 is 4.79. The molecule has 0 radical (unpaired) electrons. The fraction of sp³-hybridized carbons (Fsp3) is 0.833. The molecule has 0 saturated heterocycles. The molecule has 4 heteroatoms. The van der Waals surface area contributed by atoms with Crippen LogP contribution < -0.4 is 0 Å². The van der Waals surface area contributed by atoms with Crippen molar-refractivity contribution in [3.05, 3.63) is 0 Å². The molecule has 0 aromatic heterocycles. The van der Waals surface area contributed by atoms with Crippen molar-refractivity contribution in [1.29, 1.82) is 0 Å². The molecule has 0 aromatic carbocycles. The number of aliphatic carboxylic acids is 1. The Hall–Kier alpha value is 0.300. The minimum atomic E-state index is -0.719. The monoisotopic (exact) mass is 226 g/mol. The molecule has 0 aliphatic rings. The topological polar surface area (TPSA) is 37.3 Å². The smallest absolute Gasteiger partial charge is 0.313 e. The first-order valence-corrected chi connectivity index (χ1v) is 5.40. The average Bonchev–Trinajstić information content (AvgIpc) is 1.87. The Bertz CT molecular complexity index is 97.7. The van der Waals surface area contributed by atoms with Gasteiger partial charge in [0.1, 0.15) is 0 Å². The van der Waals surface area contributed by atoms with E-state index >= 15 is 0 Å². The van der Waals surface area contributed by atoms with Gasteiger partial charge in [0, 0.05) is 5.33 Å². The lowest BCUT2D eigenvalue weighted by Crippen LogP contribution is -1.98. The van der Waals surface area contributed by atoms with Crippen molar-refractivity contribution in [3.63, 3.8) is 0 Å². The Morgan fingerprint density at radius 1 is 1.50 bits per heavy atom. The van der Waals surface area contributed by atoms with Crippen LogP contribution in [0.3, 0.4) is 0 Å². The zero-order chi connectivity index (χ0) is 7.82. The van der Waals surface area contributed by atoms with E-state index < -0.39 is 5.97 Å². The van der Waals surface area contributed by atoms with E-state index in [9.17, 15) is 4.79 Å². The van der Waals surface area contributed by atoms with E-state index in [-0.39, 0.29) is 5.75 Å². The summed E-state index contributed by atoms with van der Waals surface area (Å²) in [6, 6.07) is 0. The summed E-state index contributed by atoms with van der Waals surface area (Å²) in [5, 5.41) is 9.25. The SMILES string of the molecule is O=C(O)CSCCCCBr. The van der Waals surface area contributed by atoms with E-state index in [0.29, 0.717) is 0 Å². The van der Waals surface area contributed by atoms with Crippen molar-refractivity contribution in [2.24, 2.45) is 0 Å². The number of rotatable bonds is 6. The summed E-state index contributed by atoms with van der Waals surface area (Å²) in [6.45, 7) is 0. The number of carbonyl (C=O) groups is 1. The van der Waals surface area contributed by atoms with Crippen LogP contribution in [0.1, 0.15) is 12.8 Å². The van der Waals surface area contributed by atoms with Crippen molar-refractivity contribution in [2.75, 3.05) is 16.8 Å². The van der Waals surface area contributed by atoms with Gasteiger partial charge in [-0.05, 0) is 18.6 Å². The van der Waals surface area contributed by atoms with Gasteiger partial charge in [-0.3, -0.25) is 4.79 Å². The summed E-state index contributed by atoms with van der Waals surface area (Å²) < 4.78 is 0. The van der Waals surface area contributed by atoms with E-state index in [1.54, 1.807) is 0 Å². The summed E-state index contributed by atoms with van der Waals surface area (Å²) in [6.07, 6.45) is 2.23. The van der Waals surface area contributed by atoms with Gasteiger partial charge in [-0.2, -0.15) is 11.8 Å². The predicted molar refractivity (Wildman–Crippen MR) is 48.0 cm³/mol. The summed E-state index contributed by atoms with van der Waals surface area (Å²) in [5.74, 6) is 0.476. The molecule has 0 amide bonds. The van der Waals surface area contributed by atoms with Crippen LogP contribution in [0.5, 0.6) is 0 Å². The van der Waals surface area contributed by atoms with Gasteiger partial charge in [-0.1, -0.05) is 15.9 Å². The molecule has 0 aliphatic heterocycles. The first kappa shape index (κ1) is 10.3. The molecule has 0 saturated carbocycles. The molecular weight excluding hydrogens is 216 g/mol. The molecule has 0 unspecified atom stereocenters. The zero-order valence-electron chi connectivity index (χ0n) is 5.68. The molecule has 2 nitrogen and oxygen atoms in total. The molecule has 0 fully saturated rings. The van der Waals surface area contributed by atoms with Crippen molar-refractivity contribution >= 4 is 33.7 Å². The third-order valence-corrected chi connectivity index (χ3v) is 2.49. The highest BCUT2D eigenvalue weighted by Gasteiger charge is 1.95. The second kappa shape index (κ2) is 7.41. The van der Waals surface area contributed by atoms with Gasteiger partial charge < -0.3 is 5.11 Å². The second-order valence-electron chi connectivity index (χ2n) is 1.84. The largest absolute Gasteiger partial charge is 0.481 e. The lowest BCUT2D eigenvalue weighted by molar-refractivity contribution is -0.133. The number of halogens is 1. The Labute approximate surface area is 73.5 Å². The van der Waals surface area contributed by atoms with Crippen LogP contribution in [0.4, 0.5) is 0 Å². The molecule has 0 spiro atoms. The normalized spacial score (nSPS) is 9.70. The lowest BCUT2D eigenvalue weighted by Gasteiger charge is -1.94. The number of thioether (sulfide) groups is 1. The Morgan fingerprint density at radius 2 is 2.20 bits per heavy atom. The van der Waals surface area contributed by atoms with Gasteiger partial charge in [0.15, 0.2) is 0 Å². The lowest BCUT2D eigenvalue weighted by atomic mass is 10.4. The van der Waals surface area contributed by atoms with Gasteiger partial charge in [-0.15, -0.1) is 0 Å². The maximum atomic E-state index is 10.0. The molecule has 0 bridgehead atoms. The van der Waals surface area contributed by atoms with Crippen molar-refractivity contribution < 1.29 is 9.90 Å². The van der Waals surface area contributed by atoms with Gasteiger partial charge >= 0.3 is 5.97 Å². The molecule has 60 valence electrons. The molecule has 0 atom stereocenters. The molecular formula is C6H11BrO2S. The Kier molecular flexibility index (Phi) is 7.63. The molecule has 1 N–H and O–H groups in total. The number of unbranched alkanes of at least 4 members (excludes halogenated alkanes) is 1. The summed E-state index contributed by atoms with van der Waals surface area (Å²) in [5.41, 5.74) is 0. The summed E-state index contributed by atoms with van der Waals surface area (Å²) in [4.78, 5) is 10.0. The van der Waals surface area contributed by atoms with E-state index in [0.717, 1.165) is 23.9 Å². The highest BCUT2D eigenvalue weighted by molar-refractivity contribution is 9.09. The first-order chi connectivity index (χ1) is 4.77. The zero-order valence-corrected chi connectivity index (χ0v) is 8.08. The maximum absolute atomic E-state index is 10.0. The highest BCUT2D eigenvalue weighted by atomic mass is 79.9. The fourth-order valence-corrected chi connectivity index (χ4v) is 1.58. The molecule has 10 heavy (non-hydrogen) atoms. The Balaban J connectivity index is 2.84. The standard InChI is InChI=1S/C6H11BrO2S/c7-3-1-2-4-10-5-6(8)9/h1-5H2,(H,8,9). The summed E-state index contributed by atoms with van der Waals surface area (Å²) in [7, 11) is 0. The number of carboxylic acids is 1. The van der Waals surface area contributed by atoms with Crippen molar-refractivity contribution in [3.8, 4) is 0 Å². The van der Waals surface area contributed by atoms with Crippen LogP contribution in [0, 0.1) is 0 Å². The molecule has 0 aliphatic carbocycles. The minimum absolute atomic E-state index is 0.238. The first-order valence-electron chi connectivity index (χ1n) is 3.13. The maximum Gasteiger partial charge on any atom is 0.313 e. The number of hydrogen-bond acceptors (Lipinski definition) is 2. The van der Waals surface area contributed by atoms with Gasteiger partial charge in [0.2, 0.25) is 0 Å².